The molecule has 5 nitrogen and oxygen atoms in total. The molecule has 150 valence electrons. The van der Waals surface area contributed by atoms with Gasteiger partial charge >= 0.3 is 0 Å². The van der Waals surface area contributed by atoms with Crippen LogP contribution in [0.5, 0.6) is 0 Å². The summed E-state index contributed by atoms with van der Waals surface area (Å²) in [5.41, 5.74) is 10.2. The normalized spacial score (nSPS) is 11.1. The summed E-state index contributed by atoms with van der Waals surface area (Å²) >= 11 is 0. The van der Waals surface area contributed by atoms with Crippen LogP contribution in [0, 0.1) is 0 Å². The molecule has 3 N–H and O–H groups in total. The van der Waals surface area contributed by atoms with Gasteiger partial charge in [-0.25, -0.2) is 9.97 Å². The maximum atomic E-state index is 12.5. The topological polar surface area (TPSA) is 80.9 Å². The number of allylic oxidation sites excluding steroid dienone is 4. The molecule has 3 aromatic rings. The summed E-state index contributed by atoms with van der Waals surface area (Å²) in [7, 11) is 0. The molecule has 0 saturated carbocycles. The third kappa shape index (κ3) is 5.52. The minimum Gasteiger partial charge on any atom is -0.399 e. The molecule has 0 unspecified atom stereocenters. The fourth-order valence-corrected chi connectivity index (χ4v) is 2.81. The van der Waals surface area contributed by atoms with Crippen molar-refractivity contribution in [2.45, 2.75) is 13.3 Å². The number of hydrogen-bond donors (Lipinski definition) is 2. The smallest absolute Gasteiger partial charge is 0.229 e. The van der Waals surface area contributed by atoms with Crippen molar-refractivity contribution < 1.29 is 4.79 Å². The van der Waals surface area contributed by atoms with Gasteiger partial charge in [0.2, 0.25) is 5.91 Å². The number of aromatic nitrogens is 2. The highest BCUT2D eigenvalue weighted by atomic mass is 16.1. The number of amides is 1. The molecule has 1 amide bonds. The second-order valence-corrected chi connectivity index (χ2v) is 6.71. The van der Waals surface area contributed by atoms with E-state index in [1.807, 2.05) is 85.8 Å². The first-order valence-electron chi connectivity index (χ1n) is 9.62. The first-order valence-corrected chi connectivity index (χ1v) is 9.62. The van der Waals surface area contributed by atoms with Gasteiger partial charge in [-0.3, -0.25) is 4.79 Å². The molecular formula is C25H24N4O. The summed E-state index contributed by atoms with van der Waals surface area (Å²) in [6.07, 6.45) is 9.28. The Morgan fingerprint density at radius 2 is 1.80 bits per heavy atom. The Kier molecular flexibility index (Phi) is 6.90. The van der Waals surface area contributed by atoms with E-state index in [0.29, 0.717) is 28.5 Å². The summed E-state index contributed by atoms with van der Waals surface area (Å²) in [6.45, 7) is 5.85. The lowest BCUT2D eigenvalue weighted by Crippen LogP contribution is -2.14. The first-order chi connectivity index (χ1) is 14.6. The van der Waals surface area contributed by atoms with E-state index in [2.05, 4.69) is 16.9 Å². The maximum absolute atomic E-state index is 12.5. The van der Waals surface area contributed by atoms with E-state index in [1.54, 1.807) is 6.20 Å². The van der Waals surface area contributed by atoms with Crippen LogP contribution in [0.15, 0.2) is 97.3 Å². The Bertz CT molecular complexity index is 1080. The number of nitrogen functional groups attached to an aromatic ring is 1. The van der Waals surface area contributed by atoms with Crippen molar-refractivity contribution in [2.24, 2.45) is 0 Å². The van der Waals surface area contributed by atoms with Crippen LogP contribution in [0.2, 0.25) is 0 Å². The molecular weight excluding hydrogens is 372 g/mol. The van der Waals surface area contributed by atoms with Crippen molar-refractivity contribution >= 4 is 17.4 Å². The summed E-state index contributed by atoms with van der Waals surface area (Å²) < 4.78 is 0. The number of carbonyl (C=O) groups excluding carboxylic acids is 1. The number of rotatable bonds is 7. The third-order valence-corrected chi connectivity index (χ3v) is 4.31. The van der Waals surface area contributed by atoms with Crippen molar-refractivity contribution in [1.82, 2.24) is 9.97 Å². The van der Waals surface area contributed by atoms with Crippen LogP contribution < -0.4 is 11.1 Å². The molecule has 0 aliphatic carbocycles. The SMILES string of the molecule is C=C(/C=C\C=C/C)CC(=O)Nc1ncc(-c2ccc(N)cc2)nc1-c1ccccc1. The number of carbonyl (C=O) groups is 1. The fraction of sp³-hybridized carbons (Fsp3) is 0.0800. The molecule has 5 heteroatoms. The average molecular weight is 396 g/mol. The van der Waals surface area contributed by atoms with Crippen molar-refractivity contribution in [3.8, 4) is 22.5 Å². The Labute approximate surface area is 176 Å². The van der Waals surface area contributed by atoms with E-state index in [1.165, 1.54) is 0 Å². The number of nitrogens with zero attached hydrogens (tertiary/aromatic N) is 2. The minimum absolute atomic E-state index is 0.170. The van der Waals surface area contributed by atoms with Crippen molar-refractivity contribution in [2.75, 3.05) is 11.1 Å². The molecule has 3 rings (SSSR count). The van der Waals surface area contributed by atoms with Gasteiger partial charge in [0.15, 0.2) is 5.82 Å². The second-order valence-electron chi connectivity index (χ2n) is 6.71. The van der Waals surface area contributed by atoms with Crippen molar-refractivity contribution in [3.05, 3.63) is 97.3 Å². The monoisotopic (exact) mass is 396 g/mol. The molecule has 0 bridgehead atoms. The Hall–Kier alpha value is -3.99. The predicted molar refractivity (Wildman–Crippen MR) is 124 cm³/mol. The lowest BCUT2D eigenvalue weighted by molar-refractivity contribution is -0.115. The summed E-state index contributed by atoms with van der Waals surface area (Å²) in [5, 5.41) is 2.87. The zero-order chi connectivity index (χ0) is 21.3. The molecule has 1 heterocycles. The zero-order valence-electron chi connectivity index (χ0n) is 16.9. The van der Waals surface area contributed by atoms with Gasteiger partial charge in [0.25, 0.3) is 0 Å². The molecule has 0 aliphatic rings. The molecule has 0 spiro atoms. The van der Waals surface area contributed by atoms with Gasteiger partial charge in [-0.15, -0.1) is 0 Å². The third-order valence-electron chi connectivity index (χ3n) is 4.31. The van der Waals surface area contributed by atoms with E-state index in [0.717, 1.165) is 11.1 Å². The molecule has 30 heavy (non-hydrogen) atoms. The first kappa shape index (κ1) is 20.7. The Balaban J connectivity index is 1.89. The van der Waals surface area contributed by atoms with Gasteiger partial charge in [-0.05, 0) is 24.6 Å². The molecule has 1 aromatic heterocycles. The average Bonchev–Trinajstić information content (AvgIpc) is 2.75. The second kappa shape index (κ2) is 9.98. The van der Waals surface area contributed by atoms with E-state index in [-0.39, 0.29) is 12.3 Å². The van der Waals surface area contributed by atoms with E-state index in [9.17, 15) is 4.79 Å². The van der Waals surface area contributed by atoms with Crippen LogP contribution in [0.25, 0.3) is 22.5 Å². The molecule has 0 radical (unpaired) electrons. The van der Waals surface area contributed by atoms with Gasteiger partial charge in [0, 0.05) is 16.8 Å². The fourth-order valence-electron chi connectivity index (χ4n) is 2.81. The number of anilines is 2. The van der Waals surface area contributed by atoms with E-state index in [4.69, 9.17) is 10.7 Å². The van der Waals surface area contributed by atoms with Gasteiger partial charge in [0.05, 0.1) is 18.3 Å². The van der Waals surface area contributed by atoms with Crippen LogP contribution in [-0.4, -0.2) is 15.9 Å². The summed E-state index contributed by atoms with van der Waals surface area (Å²) in [4.78, 5) is 21.8. The minimum atomic E-state index is -0.197. The van der Waals surface area contributed by atoms with Gasteiger partial charge in [-0.1, -0.05) is 73.3 Å². The summed E-state index contributed by atoms with van der Waals surface area (Å²) in [5.74, 6) is 0.215. The van der Waals surface area contributed by atoms with E-state index >= 15 is 0 Å². The number of nitrogens with one attached hydrogen (secondary N) is 1. The van der Waals surface area contributed by atoms with Gasteiger partial charge in [0.1, 0.15) is 5.69 Å². The highest BCUT2D eigenvalue weighted by Crippen LogP contribution is 2.28. The van der Waals surface area contributed by atoms with Crippen LogP contribution >= 0.6 is 0 Å². The number of benzene rings is 2. The van der Waals surface area contributed by atoms with Crippen molar-refractivity contribution in [3.63, 3.8) is 0 Å². The molecule has 0 aliphatic heterocycles. The highest BCUT2D eigenvalue weighted by molar-refractivity contribution is 5.95. The van der Waals surface area contributed by atoms with Gasteiger partial charge in [-0.2, -0.15) is 0 Å². The van der Waals surface area contributed by atoms with Crippen LogP contribution in [-0.2, 0) is 4.79 Å². The lowest BCUT2D eigenvalue weighted by Gasteiger charge is -2.12. The number of hydrogen-bond acceptors (Lipinski definition) is 4. The zero-order valence-corrected chi connectivity index (χ0v) is 16.9. The lowest BCUT2D eigenvalue weighted by atomic mass is 10.1. The molecule has 2 aromatic carbocycles. The van der Waals surface area contributed by atoms with Crippen LogP contribution in [0.1, 0.15) is 13.3 Å². The summed E-state index contributed by atoms with van der Waals surface area (Å²) in [6, 6.07) is 17.1. The Morgan fingerprint density at radius 3 is 2.50 bits per heavy atom. The predicted octanol–water partition coefficient (Wildman–Crippen LogP) is 5.41. The molecule has 0 atom stereocenters. The molecule has 0 saturated heterocycles. The van der Waals surface area contributed by atoms with E-state index < -0.39 is 0 Å². The maximum Gasteiger partial charge on any atom is 0.229 e. The van der Waals surface area contributed by atoms with Crippen LogP contribution in [0.4, 0.5) is 11.5 Å². The highest BCUT2D eigenvalue weighted by Gasteiger charge is 2.14. The van der Waals surface area contributed by atoms with Crippen molar-refractivity contribution in [1.29, 1.82) is 0 Å². The standard InChI is InChI=1S/C25H24N4O/c1-3-4-6-9-18(2)16-23(30)29-25-24(20-10-7-5-8-11-20)28-22(17-27-25)19-12-14-21(26)15-13-19/h3-15,17H,2,16,26H2,1H3,(H,27,29,30)/b4-3-,9-6-. The number of nitrogens with two attached hydrogens (primary N) is 1. The molecule has 0 fully saturated rings. The van der Waals surface area contributed by atoms with Gasteiger partial charge < -0.3 is 11.1 Å². The largest absolute Gasteiger partial charge is 0.399 e. The Morgan fingerprint density at radius 1 is 1.07 bits per heavy atom. The quantitative estimate of drug-likeness (QED) is 0.413. The van der Waals surface area contributed by atoms with Crippen LogP contribution in [0.3, 0.4) is 0 Å².